The predicted molar refractivity (Wildman–Crippen MR) is 126 cm³/mol. The van der Waals surface area contributed by atoms with Crippen molar-refractivity contribution in [2.75, 3.05) is 18.0 Å². The molecule has 2 atom stereocenters. The number of carbonyl (C=O) groups is 1. The molecule has 1 fully saturated rings. The standard InChI is InChI=1S/C25H31N3OS/c1-17-14-18(2)23-22(15-17)30-25(27-23)28-13-7-10-21(16-28)24(29)26-19(3)11-12-20-8-5-4-6-9-20/h4-6,8-9,14-15,19,21H,7,10-13,16H2,1-3H3,(H,26,29)/t19-,21-/m1/s1. The summed E-state index contributed by atoms with van der Waals surface area (Å²) >= 11 is 1.75. The normalized spacial score (nSPS) is 17.8. The first-order valence-electron chi connectivity index (χ1n) is 11.0. The number of nitrogens with one attached hydrogen (secondary N) is 1. The van der Waals surface area contributed by atoms with Crippen LogP contribution in [0.4, 0.5) is 5.13 Å². The lowest BCUT2D eigenvalue weighted by molar-refractivity contribution is -0.125. The van der Waals surface area contributed by atoms with Gasteiger partial charge in [0.2, 0.25) is 5.91 Å². The summed E-state index contributed by atoms with van der Waals surface area (Å²) in [4.78, 5) is 20.1. The first-order chi connectivity index (χ1) is 14.5. The molecule has 1 aliphatic heterocycles. The zero-order chi connectivity index (χ0) is 21.1. The summed E-state index contributed by atoms with van der Waals surface area (Å²) in [5, 5.41) is 4.30. The van der Waals surface area contributed by atoms with Gasteiger partial charge in [0, 0.05) is 19.1 Å². The SMILES string of the molecule is Cc1cc(C)c2nc(N3CCC[C@@H](C(=O)N[C@H](C)CCc4ccccc4)C3)sc2c1. The lowest BCUT2D eigenvalue weighted by Crippen LogP contribution is -2.45. The molecule has 0 bridgehead atoms. The number of fused-ring (bicyclic) bond motifs is 1. The quantitative estimate of drug-likeness (QED) is 0.590. The Labute approximate surface area is 183 Å². The van der Waals surface area contributed by atoms with Crippen LogP contribution in [0.2, 0.25) is 0 Å². The van der Waals surface area contributed by atoms with E-state index < -0.39 is 0 Å². The molecule has 2 heterocycles. The highest BCUT2D eigenvalue weighted by atomic mass is 32.1. The summed E-state index contributed by atoms with van der Waals surface area (Å²) in [6, 6.07) is 15.1. The van der Waals surface area contributed by atoms with E-state index in [0.717, 1.165) is 49.4 Å². The molecule has 4 nitrogen and oxygen atoms in total. The lowest BCUT2D eigenvalue weighted by atomic mass is 9.96. The number of anilines is 1. The molecule has 3 aromatic rings. The molecule has 30 heavy (non-hydrogen) atoms. The molecule has 1 aliphatic rings. The fraction of sp³-hybridized carbons (Fsp3) is 0.440. The Kier molecular flexibility index (Phi) is 6.38. The number of nitrogens with zero attached hydrogens (tertiary/aromatic N) is 2. The summed E-state index contributed by atoms with van der Waals surface area (Å²) in [6.45, 7) is 8.11. The molecule has 2 aromatic carbocycles. The highest BCUT2D eigenvalue weighted by molar-refractivity contribution is 7.22. The Bertz CT molecular complexity index is 1010. The Hall–Kier alpha value is -2.40. The molecule has 0 saturated carbocycles. The van der Waals surface area contributed by atoms with E-state index in [1.165, 1.54) is 21.4 Å². The molecule has 0 spiro atoms. The first kappa shape index (κ1) is 20.9. The fourth-order valence-electron chi connectivity index (χ4n) is 4.32. The maximum atomic E-state index is 12.9. The zero-order valence-corrected chi connectivity index (χ0v) is 19.0. The smallest absolute Gasteiger partial charge is 0.225 e. The number of thiazole rings is 1. The first-order valence-corrected chi connectivity index (χ1v) is 11.8. The largest absolute Gasteiger partial charge is 0.353 e. The third kappa shape index (κ3) is 4.84. The van der Waals surface area contributed by atoms with Crippen molar-refractivity contribution in [1.29, 1.82) is 0 Å². The Morgan fingerprint density at radius 1 is 1.27 bits per heavy atom. The fourth-order valence-corrected chi connectivity index (χ4v) is 5.50. The predicted octanol–water partition coefficient (Wildman–Crippen LogP) is 5.27. The van der Waals surface area contributed by atoms with Crippen molar-refractivity contribution in [3.63, 3.8) is 0 Å². The average Bonchev–Trinajstić information content (AvgIpc) is 3.17. The maximum absolute atomic E-state index is 12.9. The van der Waals surface area contributed by atoms with E-state index in [-0.39, 0.29) is 17.9 Å². The summed E-state index contributed by atoms with van der Waals surface area (Å²) < 4.78 is 1.24. The average molecular weight is 422 g/mol. The minimum Gasteiger partial charge on any atom is -0.353 e. The van der Waals surface area contributed by atoms with Crippen LogP contribution in [0, 0.1) is 19.8 Å². The van der Waals surface area contributed by atoms with Gasteiger partial charge in [0.25, 0.3) is 0 Å². The number of hydrogen-bond donors (Lipinski definition) is 1. The van der Waals surface area contributed by atoms with E-state index in [1.807, 2.05) is 6.07 Å². The second-order valence-electron chi connectivity index (χ2n) is 8.64. The van der Waals surface area contributed by atoms with E-state index in [9.17, 15) is 4.79 Å². The van der Waals surface area contributed by atoms with Gasteiger partial charge >= 0.3 is 0 Å². The van der Waals surface area contributed by atoms with Gasteiger partial charge in [-0.25, -0.2) is 4.98 Å². The van der Waals surface area contributed by atoms with Gasteiger partial charge in [-0.3, -0.25) is 4.79 Å². The van der Waals surface area contributed by atoms with Gasteiger partial charge in [0.15, 0.2) is 5.13 Å². The number of amides is 1. The number of hydrogen-bond acceptors (Lipinski definition) is 4. The Morgan fingerprint density at radius 2 is 2.07 bits per heavy atom. The monoisotopic (exact) mass is 421 g/mol. The van der Waals surface area contributed by atoms with Crippen LogP contribution >= 0.6 is 11.3 Å². The highest BCUT2D eigenvalue weighted by Crippen LogP contribution is 2.33. The Morgan fingerprint density at radius 3 is 2.87 bits per heavy atom. The Balaban J connectivity index is 1.36. The molecular weight excluding hydrogens is 390 g/mol. The number of carbonyl (C=O) groups excluding carboxylic acids is 1. The number of benzene rings is 2. The van der Waals surface area contributed by atoms with Gasteiger partial charge in [-0.2, -0.15) is 0 Å². The number of piperidine rings is 1. The molecule has 1 aromatic heterocycles. The molecule has 1 amide bonds. The lowest BCUT2D eigenvalue weighted by Gasteiger charge is -2.32. The van der Waals surface area contributed by atoms with Crippen molar-refractivity contribution in [3.8, 4) is 0 Å². The number of rotatable bonds is 6. The minimum absolute atomic E-state index is 0.0350. The molecule has 0 aliphatic carbocycles. The molecule has 4 rings (SSSR count). The van der Waals surface area contributed by atoms with Crippen molar-refractivity contribution in [3.05, 3.63) is 59.2 Å². The van der Waals surface area contributed by atoms with Crippen LogP contribution in [0.5, 0.6) is 0 Å². The van der Waals surface area contributed by atoms with Crippen LogP contribution in [0.3, 0.4) is 0 Å². The number of aryl methyl sites for hydroxylation is 3. The van der Waals surface area contributed by atoms with E-state index in [0.29, 0.717) is 0 Å². The molecule has 0 radical (unpaired) electrons. The van der Waals surface area contributed by atoms with Gasteiger partial charge < -0.3 is 10.2 Å². The van der Waals surface area contributed by atoms with E-state index in [2.05, 4.69) is 67.4 Å². The topological polar surface area (TPSA) is 45.2 Å². The van der Waals surface area contributed by atoms with E-state index >= 15 is 0 Å². The van der Waals surface area contributed by atoms with Gasteiger partial charge in [-0.15, -0.1) is 0 Å². The highest BCUT2D eigenvalue weighted by Gasteiger charge is 2.28. The minimum atomic E-state index is 0.0350. The third-order valence-corrected chi connectivity index (χ3v) is 7.04. The number of aromatic nitrogens is 1. The molecule has 5 heteroatoms. The third-order valence-electron chi connectivity index (χ3n) is 5.98. The summed E-state index contributed by atoms with van der Waals surface area (Å²) in [5.41, 5.74) is 4.92. The van der Waals surface area contributed by atoms with E-state index in [1.54, 1.807) is 11.3 Å². The molecule has 0 unspecified atom stereocenters. The van der Waals surface area contributed by atoms with Gasteiger partial charge in [-0.05, 0) is 69.2 Å². The van der Waals surface area contributed by atoms with Crippen molar-refractivity contribution < 1.29 is 4.79 Å². The van der Waals surface area contributed by atoms with Gasteiger partial charge in [-0.1, -0.05) is 47.7 Å². The van der Waals surface area contributed by atoms with Gasteiger partial charge in [0.1, 0.15) is 0 Å². The van der Waals surface area contributed by atoms with Crippen LogP contribution < -0.4 is 10.2 Å². The van der Waals surface area contributed by atoms with Crippen molar-refractivity contribution >= 4 is 32.6 Å². The van der Waals surface area contributed by atoms with Gasteiger partial charge in [0.05, 0.1) is 16.1 Å². The molecule has 158 valence electrons. The molecule has 1 saturated heterocycles. The zero-order valence-electron chi connectivity index (χ0n) is 18.1. The van der Waals surface area contributed by atoms with Crippen molar-refractivity contribution in [2.45, 2.75) is 52.5 Å². The maximum Gasteiger partial charge on any atom is 0.225 e. The van der Waals surface area contributed by atoms with E-state index in [4.69, 9.17) is 4.98 Å². The molecular formula is C25H31N3OS. The van der Waals surface area contributed by atoms with Crippen molar-refractivity contribution in [1.82, 2.24) is 10.3 Å². The van der Waals surface area contributed by atoms with Crippen LogP contribution in [0.15, 0.2) is 42.5 Å². The molecule has 1 N–H and O–H groups in total. The summed E-state index contributed by atoms with van der Waals surface area (Å²) in [5.74, 6) is 0.223. The second kappa shape index (κ2) is 9.17. The summed E-state index contributed by atoms with van der Waals surface area (Å²) in [7, 11) is 0. The summed E-state index contributed by atoms with van der Waals surface area (Å²) in [6.07, 6.45) is 3.94. The van der Waals surface area contributed by atoms with Crippen LogP contribution in [0.25, 0.3) is 10.2 Å². The van der Waals surface area contributed by atoms with Crippen LogP contribution in [0.1, 0.15) is 42.9 Å². The second-order valence-corrected chi connectivity index (χ2v) is 9.65. The van der Waals surface area contributed by atoms with Crippen LogP contribution in [-0.2, 0) is 11.2 Å². The van der Waals surface area contributed by atoms with Crippen molar-refractivity contribution in [2.24, 2.45) is 5.92 Å². The van der Waals surface area contributed by atoms with Crippen LogP contribution in [-0.4, -0.2) is 30.0 Å².